The fourth-order valence-electron chi connectivity index (χ4n) is 2.63. The minimum atomic E-state index is -0.370. The third kappa shape index (κ3) is 3.81. The van der Waals surface area contributed by atoms with Gasteiger partial charge in [-0.1, -0.05) is 6.42 Å². The Labute approximate surface area is 113 Å². The highest BCUT2D eigenvalue weighted by molar-refractivity contribution is 5.15. The summed E-state index contributed by atoms with van der Waals surface area (Å²) in [6.07, 6.45) is 5.90. The van der Waals surface area contributed by atoms with Crippen molar-refractivity contribution in [3.63, 3.8) is 0 Å². The number of piperidine rings is 1. The van der Waals surface area contributed by atoms with E-state index in [0.29, 0.717) is 18.3 Å². The van der Waals surface area contributed by atoms with E-state index in [1.165, 1.54) is 25.3 Å². The van der Waals surface area contributed by atoms with Crippen molar-refractivity contribution in [2.24, 2.45) is 0 Å². The van der Waals surface area contributed by atoms with E-state index in [0.717, 1.165) is 25.8 Å². The van der Waals surface area contributed by atoms with Crippen LogP contribution in [0.1, 0.15) is 31.4 Å². The second-order valence-corrected chi connectivity index (χ2v) is 5.11. The summed E-state index contributed by atoms with van der Waals surface area (Å²) in [5.41, 5.74) is -0.370. The Morgan fingerprint density at radius 3 is 3.11 bits per heavy atom. The van der Waals surface area contributed by atoms with Gasteiger partial charge in [-0.3, -0.25) is 9.69 Å². The zero-order valence-corrected chi connectivity index (χ0v) is 11.4. The molecule has 1 unspecified atom stereocenters. The first-order chi connectivity index (χ1) is 9.20. The highest BCUT2D eigenvalue weighted by Gasteiger charge is 2.22. The molecule has 1 aromatic rings. The maximum Gasteiger partial charge on any atom is 0.226 e. The highest BCUT2D eigenvalue weighted by Crippen LogP contribution is 2.21. The molecule has 0 aromatic carbocycles. The van der Waals surface area contributed by atoms with Crippen LogP contribution in [0.15, 0.2) is 21.5 Å². The molecule has 106 valence electrons. The first-order valence-electron chi connectivity index (χ1n) is 6.90. The summed E-state index contributed by atoms with van der Waals surface area (Å²) >= 11 is 0. The normalized spacial score (nSPS) is 20.6. The van der Waals surface area contributed by atoms with Crippen LogP contribution in [0, 0.1) is 0 Å². The highest BCUT2D eigenvalue weighted by atomic mass is 16.4. The number of likely N-dealkylation sites (tertiary alicyclic amines) is 1. The summed E-state index contributed by atoms with van der Waals surface area (Å²) in [6.45, 7) is 2.68. The number of aromatic hydroxyl groups is 1. The first-order valence-corrected chi connectivity index (χ1v) is 6.90. The van der Waals surface area contributed by atoms with Crippen molar-refractivity contribution in [2.75, 3.05) is 20.1 Å². The predicted octanol–water partition coefficient (Wildman–Crippen LogP) is 1.31. The fraction of sp³-hybridized carbons (Fsp3) is 0.643. The van der Waals surface area contributed by atoms with Crippen LogP contribution in [0.3, 0.4) is 0 Å². The number of nitrogens with one attached hydrogen (secondary N) is 1. The van der Waals surface area contributed by atoms with Crippen LogP contribution in [-0.4, -0.2) is 36.2 Å². The Balaban J connectivity index is 2.01. The molecule has 2 heterocycles. The van der Waals surface area contributed by atoms with Crippen molar-refractivity contribution in [1.82, 2.24) is 10.2 Å². The average molecular weight is 266 g/mol. The number of hydrogen-bond acceptors (Lipinski definition) is 5. The summed E-state index contributed by atoms with van der Waals surface area (Å²) in [6, 6.07) is 1.93. The lowest BCUT2D eigenvalue weighted by atomic mass is 9.99. The van der Waals surface area contributed by atoms with E-state index in [4.69, 9.17) is 4.42 Å². The molecule has 1 aliphatic heterocycles. The van der Waals surface area contributed by atoms with E-state index < -0.39 is 0 Å². The molecule has 1 fully saturated rings. The smallest absolute Gasteiger partial charge is 0.226 e. The number of rotatable bonds is 5. The van der Waals surface area contributed by atoms with Crippen LogP contribution < -0.4 is 10.7 Å². The van der Waals surface area contributed by atoms with Crippen molar-refractivity contribution < 1.29 is 9.52 Å². The van der Waals surface area contributed by atoms with Gasteiger partial charge in [0.15, 0.2) is 5.75 Å². The Morgan fingerprint density at radius 2 is 2.37 bits per heavy atom. The van der Waals surface area contributed by atoms with Crippen LogP contribution in [0.4, 0.5) is 0 Å². The van der Waals surface area contributed by atoms with E-state index in [1.807, 2.05) is 7.05 Å². The second kappa shape index (κ2) is 6.73. The van der Waals surface area contributed by atoms with Crippen molar-refractivity contribution in [3.05, 3.63) is 28.3 Å². The third-order valence-corrected chi connectivity index (χ3v) is 3.70. The van der Waals surface area contributed by atoms with Gasteiger partial charge in [0.2, 0.25) is 5.43 Å². The van der Waals surface area contributed by atoms with Gasteiger partial charge in [-0.15, -0.1) is 0 Å². The van der Waals surface area contributed by atoms with Crippen LogP contribution in [0.2, 0.25) is 0 Å². The monoisotopic (exact) mass is 266 g/mol. The minimum absolute atomic E-state index is 0.325. The summed E-state index contributed by atoms with van der Waals surface area (Å²) in [7, 11) is 1.96. The lowest BCUT2D eigenvalue weighted by Gasteiger charge is -2.35. The predicted molar refractivity (Wildman–Crippen MR) is 73.2 cm³/mol. The number of nitrogens with zero attached hydrogens (tertiary/aromatic N) is 1. The second-order valence-electron chi connectivity index (χ2n) is 5.11. The molecule has 19 heavy (non-hydrogen) atoms. The molecule has 2 N–H and O–H groups in total. The van der Waals surface area contributed by atoms with E-state index in [-0.39, 0.29) is 11.2 Å². The summed E-state index contributed by atoms with van der Waals surface area (Å²) < 4.78 is 5.29. The molecule has 1 aliphatic rings. The molecule has 0 spiro atoms. The lowest BCUT2D eigenvalue weighted by Crippen LogP contribution is -2.40. The lowest BCUT2D eigenvalue weighted by molar-refractivity contribution is 0.122. The molecule has 1 saturated heterocycles. The molecule has 5 nitrogen and oxygen atoms in total. The summed E-state index contributed by atoms with van der Waals surface area (Å²) in [5, 5.41) is 12.4. The average Bonchev–Trinajstić information content (AvgIpc) is 2.42. The SMILES string of the molecule is CNCCC1CCCCN1Cc1cc(=O)c(O)co1. The maximum absolute atomic E-state index is 11.4. The standard InChI is InChI=1S/C14H22N2O3/c1-15-6-5-11-4-2-3-7-16(11)9-12-8-13(17)14(18)10-19-12/h8,10-11,15,18H,2-7,9H2,1H3. The van der Waals surface area contributed by atoms with Crippen molar-refractivity contribution in [2.45, 2.75) is 38.3 Å². The Kier molecular flexibility index (Phi) is 4.99. The van der Waals surface area contributed by atoms with Crippen LogP contribution in [-0.2, 0) is 6.54 Å². The Hall–Kier alpha value is -1.33. The largest absolute Gasteiger partial charge is 0.502 e. The van der Waals surface area contributed by atoms with Gasteiger partial charge in [0, 0.05) is 12.1 Å². The van der Waals surface area contributed by atoms with E-state index >= 15 is 0 Å². The van der Waals surface area contributed by atoms with E-state index in [2.05, 4.69) is 10.2 Å². The van der Waals surface area contributed by atoms with Crippen molar-refractivity contribution >= 4 is 0 Å². The molecule has 0 saturated carbocycles. The first kappa shape index (κ1) is 14.1. The zero-order chi connectivity index (χ0) is 13.7. The molecule has 5 heteroatoms. The van der Waals surface area contributed by atoms with Gasteiger partial charge in [-0.05, 0) is 39.4 Å². The van der Waals surface area contributed by atoms with Gasteiger partial charge in [-0.25, -0.2) is 0 Å². The van der Waals surface area contributed by atoms with Gasteiger partial charge in [-0.2, -0.15) is 0 Å². The van der Waals surface area contributed by atoms with Crippen LogP contribution in [0.25, 0.3) is 0 Å². The fourth-order valence-corrected chi connectivity index (χ4v) is 2.63. The van der Waals surface area contributed by atoms with Gasteiger partial charge >= 0.3 is 0 Å². The molecule has 0 amide bonds. The van der Waals surface area contributed by atoms with E-state index in [1.54, 1.807) is 0 Å². The Bertz CT molecular complexity index is 458. The molecule has 0 radical (unpaired) electrons. The Morgan fingerprint density at radius 1 is 1.53 bits per heavy atom. The van der Waals surface area contributed by atoms with Gasteiger partial charge in [0.25, 0.3) is 0 Å². The molecule has 0 bridgehead atoms. The van der Waals surface area contributed by atoms with Crippen LogP contribution in [0.5, 0.6) is 5.75 Å². The summed E-state index contributed by atoms with van der Waals surface area (Å²) in [5.74, 6) is 0.299. The zero-order valence-electron chi connectivity index (χ0n) is 11.4. The molecule has 0 aliphatic carbocycles. The van der Waals surface area contributed by atoms with Crippen molar-refractivity contribution in [1.29, 1.82) is 0 Å². The molecule has 1 aromatic heterocycles. The topological polar surface area (TPSA) is 65.7 Å². The van der Waals surface area contributed by atoms with Crippen LogP contribution >= 0.6 is 0 Å². The molecular formula is C14H22N2O3. The number of hydrogen-bond donors (Lipinski definition) is 2. The maximum atomic E-state index is 11.4. The third-order valence-electron chi connectivity index (χ3n) is 3.70. The molecular weight excluding hydrogens is 244 g/mol. The van der Waals surface area contributed by atoms with E-state index in [9.17, 15) is 9.90 Å². The van der Waals surface area contributed by atoms with Gasteiger partial charge < -0.3 is 14.8 Å². The minimum Gasteiger partial charge on any atom is -0.502 e. The summed E-state index contributed by atoms with van der Waals surface area (Å²) in [4.78, 5) is 13.8. The molecule has 1 atom stereocenters. The van der Waals surface area contributed by atoms with Crippen molar-refractivity contribution in [3.8, 4) is 5.75 Å². The van der Waals surface area contributed by atoms with Gasteiger partial charge in [0.05, 0.1) is 6.54 Å². The van der Waals surface area contributed by atoms with Gasteiger partial charge in [0.1, 0.15) is 12.0 Å². The molecule has 2 rings (SSSR count). The quantitative estimate of drug-likeness (QED) is 0.841.